The van der Waals surface area contributed by atoms with E-state index in [1.807, 2.05) is 11.8 Å². The summed E-state index contributed by atoms with van der Waals surface area (Å²) in [5.74, 6) is -1.85. The number of hydrogen-bond acceptors (Lipinski definition) is 3. The van der Waals surface area contributed by atoms with Crippen LogP contribution in [0.4, 0.5) is 15.8 Å². The van der Waals surface area contributed by atoms with Gasteiger partial charge in [-0.2, -0.15) is 0 Å². The molecule has 104 valence electrons. The number of nitrogens with zero attached hydrogens (tertiary/aromatic N) is 1. The molecule has 0 aromatic heterocycles. The summed E-state index contributed by atoms with van der Waals surface area (Å²) in [6, 6.07) is 3.10. The summed E-state index contributed by atoms with van der Waals surface area (Å²) in [6.07, 6.45) is 4.40. The molecule has 1 fully saturated rings. The molecule has 1 saturated carbocycles. The summed E-state index contributed by atoms with van der Waals surface area (Å²) < 4.78 is 13.5. The van der Waals surface area contributed by atoms with Gasteiger partial charge in [-0.1, -0.05) is 12.8 Å². The molecule has 3 N–H and O–H groups in total. The summed E-state index contributed by atoms with van der Waals surface area (Å²) in [4.78, 5) is 13.4. The SMILES string of the molecule is CCN(c1ccc(F)c(N)c1C(=O)O)C1CCCC1. The molecular weight excluding hydrogens is 247 g/mol. The van der Waals surface area contributed by atoms with E-state index in [9.17, 15) is 14.3 Å². The van der Waals surface area contributed by atoms with Gasteiger partial charge in [0.15, 0.2) is 0 Å². The van der Waals surface area contributed by atoms with Gasteiger partial charge in [0, 0.05) is 12.6 Å². The Bertz CT molecular complexity index is 485. The average Bonchev–Trinajstić information content (AvgIpc) is 2.88. The Kier molecular flexibility index (Phi) is 3.93. The van der Waals surface area contributed by atoms with Gasteiger partial charge in [-0.05, 0) is 31.9 Å². The minimum absolute atomic E-state index is 0.117. The van der Waals surface area contributed by atoms with Crippen molar-refractivity contribution in [3.8, 4) is 0 Å². The van der Waals surface area contributed by atoms with E-state index in [-0.39, 0.29) is 11.3 Å². The average molecular weight is 266 g/mol. The van der Waals surface area contributed by atoms with Crippen molar-refractivity contribution < 1.29 is 14.3 Å². The first kappa shape index (κ1) is 13.6. The lowest BCUT2D eigenvalue weighted by Crippen LogP contribution is -2.34. The van der Waals surface area contributed by atoms with E-state index in [2.05, 4.69) is 0 Å². The standard InChI is InChI=1S/C14H19FN2O2/c1-2-17(9-5-3-4-6-9)11-8-7-10(15)13(16)12(11)14(18)19/h7-9H,2-6,16H2,1H3,(H,18,19). The number of carboxylic acid groups (broad SMARTS) is 1. The quantitative estimate of drug-likeness (QED) is 0.822. The molecular formula is C14H19FN2O2. The summed E-state index contributed by atoms with van der Waals surface area (Å²) >= 11 is 0. The Morgan fingerprint density at radius 3 is 2.63 bits per heavy atom. The van der Waals surface area contributed by atoms with Gasteiger partial charge in [0.25, 0.3) is 0 Å². The van der Waals surface area contributed by atoms with Crippen LogP contribution in [0.5, 0.6) is 0 Å². The minimum atomic E-state index is -1.18. The number of halogens is 1. The third-order valence-corrected chi connectivity index (χ3v) is 3.80. The minimum Gasteiger partial charge on any atom is -0.478 e. The topological polar surface area (TPSA) is 66.6 Å². The highest BCUT2D eigenvalue weighted by molar-refractivity contribution is 6.00. The molecule has 1 aliphatic rings. The Hall–Kier alpha value is -1.78. The van der Waals surface area contributed by atoms with Crippen molar-refractivity contribution in [2.45, 2.75) is 38.6 Å². The molecule has 0 atom stereocenters. The fourth-order valence-corrected chi connectivity index (χ4v) is 2.89. The third-order valence-electron chi connectivity index (χ3n) is 3.80. The highest BCUT2D eigenvalue weighted by Gasteiger charge is 2.27. The van der Waals surface area contributed by atoms with Crippen molar-refractivity contribution in [3.63, 3.8) is 0 Å². The van der Waals surface area contributed by atoms with E-state index < -0.39 is 11.8 Å². The Labute approximate surface area is 112 Å². The van der Waals surface area contributed by atoms with Crippen LogP contribution in [0.25, 0.3) is 0 Å². The lowest BCUT2D eigenvalue weighted by atomic mass is 10.1. The first-order valence-corrected chi connectivity index (χ1v) is 6.64. The molecule has 19 heavy (non-hydrogen) atoms. The van der Waals surface area contributed by atoms with Crippen molar-refractivity contribution in [1.82, 2.24) is 0 Å². The second kappa shape index (κ2) is 5.47. The maximum absolute atomic E-state index is 13.5. The van der Waals surface area contributed by atoms with Gasteiger partial charge in [0.2, 0.25) is 0 Å². The first-order chi connectivity index (χ1) is 9.06. The van der Waals surface area contributed by atoms with Gasteiger partial charge in [-0.3, -0.25) is 0 Å². The maximum Gasteiger partial charge on any atom is 0.340 e. The first-order valence-electron chi connectivity index (χ1n) is 6.64. The number of benzene rings is 1. The number of nitrogens with two attached hydrogens (primary N) is 1. The van der Waals surface area contributed by atoms with Crippen LogP contribution in [-0.4, -0.2) is 23.7 Å². The highest BCUT2D eigenvalue weighted by atomic mass is 19.1. The molecule has 0 bridgehead atoms. The zero-order valence-electron chi connectivity index (χ0n) is 11.0. The zero-order chi connectivity index (χ0) is 14.0. The van der Waals surface area contributed by atoms with Crippen LogP contribution < -0.4 is 10.6 Å². The van der Waals surface area contributed by atoms with Gasteiger partial charge in [0.05, 0.1) is 11.4 Å². The Morgan fingerprint density at radius 1 is 1.47 bits per heavy atom. The van der Waals surface area contributed by atoms with Crippen molar-refractivity contribution in [1.29, 1.82) is 0 Å². The van der Waals surface area contributed by atoms with E-state index in [0.29, 0.717) is 18.3 Å². The van der Waals surface area contributed by atoms with Crippen molar-refractivity contribution in [2.75, 3.05) is 17.2 Å². The van der Waals surface area contributed by atoms with E-state index >= 15 is 0 Å². The van der Waals surface area contributed by atoms with Crippen LogP contribution in [0.15, 0.2) is 12.1 Å². The van der Waals surface area contributed by atoms with E-state index in [1.54, 1.807) is 0 Å². The number of carboxylic acids is 1. The van der Waals surface area contributed by atoms with Gasteiger partial charge in [-0.15, -0.1) is 0 Å². The molecule has 4 nitrogen and oxygen atoms in total. The van der Waals surface area contributed by atoms with Gasteiger partial charge in [0.1, 0.15) is 11.4 Å². The van der Waals surface area contributed by atoms with Crippen LogP contribution >= 0.6 is 0 Å². The van der Waals surface area contributed by atoms with Gasteiger partial charge >= 0.3 is 5.97 Å². The molecule has 1 aromatic carbocycles. The van der Waals surface area contributed by atoms with Crippen LogP contribution in [-0.2, 0) is 0 Å². The predicted molar refractivity (Wildman–Crippen MR) is 73.0 cm³/mol. The largest absolute Gasteiger partial charge is 0.478 e. The second-order valence-electron chi connectivity index (χ2n) is 4.88. The molecule has 5 heteroatoms. The van der Waals surface area contributed by atoms with E-state index in [1.165, 1.54) is 12.1 Å². The molecule has 0 unspecified atom stereocenters. The van der Waals surface area contributed by atoms with Gasteiger partial charge < -0.3 is 15.7 Å². The van der Waals surface area contributed by atoms with Crippen LogP contribution in [0, 0.1) is 5.82 Å². The molecule has 0 heterocycles. The number of anilines is 2. The van der Waals surface area contributed by atoms with Crippen LogP contribution in [0.2, 0.25) is 0 Å². The van der Waals surface area contributed by atoms with Gasteiger partial charge in [-0.25, -0.2) is 9.18 Å². The third kappa shape index (κ3) is 2.50. The molecule has 1 aromatic rings. The van der Waals surface area contributed by atoms with Crippen molar-refractivity contribution in [3.05, 3.63) is 23.5 Å². The monoisotopic (exact) mass is 266 g/mol. The summed E-state index contributed by atoms with van der Waals surface area (Å²) in [5, 5.41) is 9.28. The lowest BCUT2D eigenvalue weighted by Gasteiger charge is -2.31. The maximum atomic E-state index is 13.5. The molecule has 0 amide bonds. The molecule has 2 rings (SSSR count). The summed E-state index contributed by atoms with van der Waals surface area (Å²) in [5.41, 5.74) is 5.73. The Balaban J connectivity index is 2.47. The van der Waals surface area contributed by atoms with E-state index in [0.717, 1.165) is 25.7 Å². The summed E-state index contributed by atoms with van der Waals surface area (Å²) in [6.45, 7) is 2.67. The fraction of sp³-hybridized carbons (Fsp3) is 0.500. The van der Waals surface area contributed by atoms with Crippen LogP contribution in [0.1, 0.15) is 43.0 Å². The van der Waals surface area contributed by atoms with Crippen LogP contribution in [0.3, 0.4) is 0 Å². The number of nitrogen functional groups attached to an aromatic ring is 1. The molecule has 0 saturated heterocycles. The normalized spacial score (nSPS) is 15.7. The molecule has 0 aliphatic heterocycles. The molecule has 1 aliphatic carbocycles. The predicted octanol–water partition coefficient (Wildman–Crippen LogP) is 2.88. The molecule has 0 spiro atoms. The number of carbonyl (C=O) groups is 1. The number of hydrogen-bond donors (Lipinski definition) is 2. The second-order valence-corrected chi connectivity index (χ2v) is 4.88. The highest BCUT2D eigenvalue weighted by Crippen LogP contribution is 2.33. The number of aromatic carboxylic acids is 1. The zero-order valence-corrected chi connectivity index (χ0v) is 11.0. The van der Waals surface area contributed by atoms with Crippen molar-refractivity contribution >= 4 is 17.3 Å². The fourth-order valence-electron chi connectivity index (χ4n) is 2.89. The van der Waals surface area contributed by atoms with Crippen molar-refractivity contribution in [2.24, 2.45) is 0 Å². The number of rotatable bonds is 4. The smallest absolute Gasteiger partial charge is 0.340 e. The van der Waals surface area contributed by atoms with E-state index in [4.69, 9.17) is 5.73 Å². The summed E-state index contributed by atoms with van der Waals surface area (Å²) in [7, 11) is 0. The lowest BCUT2D eigenvalue weighted by molar-refractivity contribution is 0.0698. The Morgan fingerprint density at radius 2 is 2.11 bits per heavy atom. The molecule has 0 radical (unpaired) electrons.